The molecule has 4 aromatic carbocycles. The van der Waals surface area contributed by atoms with Crippen LogP contribution in [0.2, 0.25) is 26.3 Å². The third-order valence-electron chi connectivity index (χ3n) is 9.98. The van der Waals surface area contributed by atoms with E-state index in [-0.39, 0.29) is 49.5 Å². The van der Waals surface area contributed by atoms with Crippen molar-refractivity contribution < 1.29 is 44.1 Å². The van der Waals surface area contributed by atoms with E-state index in [1.807, 2.05) is 36.4 Å². The first-order chi connectivity index (χ1) is 28.1. The number of hydrogen-bond donors (Lipinski definition) is 4. The maximum atomic E-state index is 12.5. The molecule has 4 N–H and O–H groups in total. The summed E-state index contributed by atoms with van der Waals surface area (Å²) in [5.74, 6) is -1.34. The van der Waals surface area contributed by atoms with Crippen molar-refractivity contribution >= 4 is 25.8 Å². The van der Waals surface area contributed by atoms with Crippen LogP contribution in [0.15, 0.2) is 109 Å². The number of aliphatic hydroxyl groups excluding tert-OH is 2. The SMILES string of the molecule is CCOC(=O)[C@H](CO)C[C@H](CB(C)O)Cc1ccc(-c2ccccc2)cc1.CCOC(=O)[C@H](COCCCO)C[C@H](CB(C)O)Cc1ccc(-c2ccccc2)cc1. The minimum Gasteiger partial charge on any atom is -0.466 e. The molecule has 4 atom stereocenters. The lowest BCUT2D eigenvalue weighted by molar-refractivity contribution is -0.151. The summed E-state index contributed by atoms with van der Waals surface area (Å²) in [6, 6.07) is 37.3. The average molecular weight is 795 g/mol. The third-order valence-corrected chi connectivity index (χ3v) is 9.98. The van der Waals surface area contributed by atoms with Gasteiger partial charge in [0.1, 0.15) is 0 Å². The Kier molecular flexibility index (Phi) is 22.8. The topological polar surface area (TPSA) is 143 Å². The molecule has 0 spiro atoms. The van der Waals surface area contributed by atoms with Crippen molar-refractivity contribution in [2.75, 3.05) is 39.6 Å². The monoisotopic (exact) mass is 794 g/mol. The molecule has 0 amide bonds. The lowest BCUT2D eigenvalue weighted by Gasteiger charge is -2.23. The van der Waals surface area contributed by atoms with E-state index in [0.717, 1.165) is 29.5 Å². The molecule has 0 bridgehead atoms. The highest BCUT2D eigenvalue weighted by atomic mass is 16.5. The molecule has 0 aliphatic carbocycles. The van der Waals surface area contributed by atoms with E-state index >= 15 is 0 Å². The van der Waals surface area contributed by atoms with Crippen LogP contribution in [-0.2, 0) is 36.6 Å². The van der Waals surface area contributed by atoms with Gasteiger partial charge in [-0.1, -0.05) is 123 Å². The van der Waals surface area contributed by atoms with E-state index in [1.54, 1.807) is 27.5 Å². The number of aliphatic hydroxyl groups is 2. The summed E-state index contributed by atoms with van der Waals surface area (Å²) in [4.78, 5) is 24.5. The van der Waals surface area contributed by atoms with Crippen molar-refractivity contribution in [2.45, 2.75) is 72.2 Å². The molecule has 0 fully saturated rings. The molecule has 9 nitrogen and oxygen atoms in total. The average Bonchev–Trinajstić information content (AvgIpc) is 3.22. The van der Waals surface area contributed by atoms with Gasteiger partial charge in [-0.25, -0.2) is 0 Å². The van der Waals surface area contributed by atoms with E-state index in [1.165, 1.54) is 16.7 Å². The van der Waals surface area contributed by atoms with E-state index < -0.39 is 19.7 Å². The molecule has 0 saturated heterocycles. The predicted molar refractivity (Wildman–Crippen MR) is 235 cm³/mol. The first-order valence-electron chi connectivity index (χ1n) is 20.8. The van der Waals surface area contributed by atoms with Gasteiger partial charge in [0.05, 0.1) is 38.3 Å². The standard InChI is InChI=1S/C25H35BO5.C22H29BO4/c1-3-31-25(28)24(19-30-15-7-14-27)17-21(18-26(2)29)16-20-10-12-23(13-11-20)22-8-5-4-6-9-22;1-3-27-22(25)21(16-24)14-18(15-23(2)26)13-17-9-11-20(12-10-17)19-7-5-4-6-8-19/h4-6,8-13,21,24,27,29H,3,7,14-19H2,1-2H3;4-12,18,21,24,26H,3,13-16H2,1-2H3/t21-,24+;18-,21+/m11/s1. The molecule has 0 unspecified atom stereocenters. The smallest absolute Gasteiger partial charge is 0.311 e. The van der Waals surface area contributed by atoms with Gasteiger partial charge in [0.25, 0.3) is 13.8 Å². The normalized spacial score (nSPS) is 13.0. The van der Waals surface area contributed by atoms with Crippen LogP contribution in [0.1, 0.15) is 44.2 Å². The van der Waals surface area contributed by atoms with Gasteiger partial charge in [-0.15, -0.1) is 0 Å². The van der Waals surface area contributed by atoms with Crippen molar-refractivity contribution in [3.8, 4) is 22.3 Å². The molecular formula is C47H64B2O9. The Bertz CT molecular complexity index is 1690. The van der Waals surface area contributed by atoms with Gasteiger partial charge in [-0.3, -0.25) is 9.59 Å². The molecule has 58 heavy (non-hydrogen) atoms. The third kappa shape index (κ3) is 18.1. The predicted octanol–water partition coefficient (Wildman–Crippen LogP) is 7.78. The summed E-state index contributed by atoms with van der Waals surface area (Å²) < 4.78 is 15.9. The zero-order chi connectivity index (χ0) is 42.1. The van der Waals surface area contributed by atoms with Crippen molar-refractivity contribution in [3.63, 3.8) is 0 Å². The number of hydrogen-bond acceptors (Lipinski definition) is 9. The molecule has 0 aliphatic rings. The van der Waals surface area contributed by atoms with Gasteiger partial charge in [-0.2, -0.15) is 0 Å². The second-order valence-electron chi connectivity index (χ2n) is 15.1. The zero-order valence-corrected chi connectivity index (χ0v) is 34.9. The maximum Gasteiger partial charge on any atom is 0.311 e. The molecule has 0 radical (unpaired) electrons. The van der Waals surface area contributed by atoms with Gasteiger partial charge in [0, 0.05) is 13.2 Å². The highest BCUT2D eigenvalue weighted by Crippen LogP contribution is 2.28. The van der Waals surface area contributed by atoms with Gasteiger partial charge in [0.2, 0.25) is 0 Å². The Morgan fingerprint density at radius 2 is 0.983 bits per heavy atom. The molecule has 4 aromatic rings. The summed E-state index contributed by atoms with van der Waals surface area (Å²) in [7, 11) is 0. The van der Waals surface area contributed by atoms with Crippen LogP contribution < -0.4 is 0 Å². The number of carbonyl (C=O) groups excluding carboxylic acids is 2. The lowest BCUT2D eigenvalue weighted by atomic mass is 9.62. The van der Waals surface area contributed by atoms with Gasteiger partial charge < -0.3 is 34.5 Å². The van der Waals surface area contributed by atoms with Gasteiger partial charge in [0.15, 0.2) is 0 Å². The van der Waals surface area contributed by atoms with Crippen LogP contribution in [0.3, 0.4) is 0 Å². The van der Waals surface area contributed by atoms with E-state index in [0.29, 0.717) is 51.7 Å². The van der Waals surface area contributed by atoms with Crippen LogP contribution in [-0.4, -0.2) is 85.7 Å². The maximum absolute atomic E-state index is 12.5. The van der Waals surface area contributed by atoms with Crippen molar-refractivity contribution in [3.05, 3.63) is 120 Å². The molecule has 0 aromatic heterocycles. The number of benzene rings is 4. The zero-order valence-electron chi connectivity index (χ0n) is 34.9. The number of rotatable bonds is 24. The van der Waals surface area contributed by atoms with Crippen LogP contribution in [0, 0.1) is 23.7 Å². The summed E-state index contributed by atoms with van der Waals surface area (Å²) in [5.41, 5.74) is 7.00. The minimum atomic E-state index is -0.544. The van der Waals surface area contributed by atoms with Crippen molar-refractivity contribution in [1.82, 2.24) is 0 Å². The Hall–Kier alpha value is -4.25. The first kappa shape index (κ1) is 48.1. The minimum absolute atomic E-state index is 0.0632. The van der Waals surface area contributed by atoms with E-state index in [2.05, 4.69) is 72.8 Å². The molecular weight excluding hydrogens is 730 g/mol. The summed E-state index contributed by atoms with van der Waals surface area (Å²) in [6.45, 7) is 7.31. The molecule has 312 valence electrons. The first-order valence-corrected chi connectivity index (χ1v) is 20.8. The van der Waals surface area contributed by atoms with Gasteiger partial charge >= 0.3 is 11.9 Å². The molecule has 4 rings (SSSR count). The Balaban J connectivity index is 0.000000313. The van der Waals surface area contributed by atoms with Crippen molar-refractivity contribution in [2.24, 2.45) is 23.7 Å². The second-order valence-corrected chi connectivity index (χ2v) is 15.1. The Morgan fingerprint density at radius 3 is 1.36 bits per heavy atom. The largest absolute Gasteiger partial charge is 0.466 e. The molecule has 0 saturated carbocycles. The Morgan fingerprint density at radius 1 is 0.586 bits per heavy atom. The van der Waals surface area contributed by atoms with E-state index in [9.17, 15) is 24.7 Å². The van der Waals surface area contributed by atoms with E-state index in [4.69, 9.17) is 19.3 Å². The van der Waals surface area contributed by atoms with Crippen LogP contribution >= 0.6 is 0 Å². The summed E-state index contributed by atoms with van der Waals surface area (Å²) >= 11 is 0. The molecule has 0 heterocycles. The molecule has 11 heteroatoms. The fourth-order valence-electron chi connectivity index (χ4n) is 7.28. The highest BCUT2D eigenvalue weighted by molar-refractivity contribution is 6.48. The van der Waals surface area contributed by atoms with Crippen LogP contribution in [0.5, 0.6) is 0 Å². The lowest BCUT2D eigenvalue weighted by Crippen LogP contribution is -2.28. The van der Waals surface area contributed by atoms with Crippen LogP contribution in [0.25, 0.3) is 22.3 Å². The van der Waals surface area contributed by atoms with Gasteiger partial charge in [-0.05, 0) is 104 Å². The highest BCUT2D eigenvalue weighted by Gasteiger charge is 2.27. The van der Waals surface area contributed by atoms with Crippen molar-refractivity contribution in [1.29, 1.82) is 0 Å². The summed E-state index contributed by atoms with van der Waals surface area (Å²) in [5, 5.41) is 38.4. The second kappa shape index (κ2) is 27.4. The quantitative estimate of drug-likeness (QED) is 0.0318. The fraction of sp³-hybridized carbons (Fsp3) is 0.447. The number of esters is 2. The number of ether oxygens (including phenoxy) is 3. The number of carbonyl (C=O) groups is 2. The Labute approximate surface area is 347 Å². The summed E-state index contributed by atoms with van der Waals surface area (Å²) in [6.07, 6.45) is 4.33. The van der Waals surface area contributed by atoms with Crippen LogP contribution in [0.4, 0.5) is 0 Å². The fourth-order valence-corrected chi connectivity index (χ4v) is 7.28. The molecule has 0 aliphatic heterocycles.